The number of aromatic nitrogens is 2. The Kier molecular flexibility index (Phi) is 2.86. The van der Waals surface area contributed by atoms with E-state index in [1.54, 1.807) is 0 Å². The summed E-state index contributed by atoms with van der Waals surface area (Å²) in [5, 5.41) is 0. The number of nitrogens with zero attached hydrogens (tertiary/aromatic N) is 1. The summed E-state index contributed by atoms with van der Waals surface area (Å²) in [4.78, 5) is 7.03. The van der Waals surface area contributed by atoms with Crippen LogP contribution < -0.4 is 0 Å². The van der Waals surface area contributed by atoms with Crippen molar-refractivity contribution in [3.05, 3.63) is 22.7 Å². The van der Waals surface area contributed by atoms with E-state index in [0.717, 1.165) is 0 Å². The van der Waals surface area contributed by atoms with Gasteiger partial charge in [0.25, 0.3) is 0 Å². The molecule has 1 aromatic heterocycles. The molecule has 0 saturated carbocycles. The van der Waals surface area contributed by atoms with E-state index >= 15 is 0 Å². The lowest BCUT2D eigenvalue weighted by atomic mass is 9.79. The molecule has 0 saturated heterocycles. The Bertz CT molecular complexity index is 315. The van der Waals surface area contributed by atoms with Crippen molar-refractivity contribution in [1.82, 2.24) is 9.97 Å². The van der Waals surface area contributed by atoms with Gasteiger partial charge in [-0.1, -0.05) is 27.7 Å². The fourth-order valence-corrected chi connectivity index (χ4v) is 1.20. The van der Waals surface area contributed by atoms with Gasteiger partial charge < -0.3 is 4.98 Å². The first-order valence-electron chi connectivity index (χ1n) is 4.46. The molecule has 1 rings (SSSR count). The van der Waals surface area contributed by atoms with Crippen LogP contribution in [0.5, 0.6) is 0 Å². The summed E-state index contributed by atoms with van der Waals surface area (Å²) in [6.45, 7) is 8.87. The van der Waals surface area contributed by atoms with Gasteiger partial charge in [0, 0.05) is 12.4 Å². The number of hydrogen-bond donors (Lipinski definition) is 1. The third-order valence-electron chi connectivity index (χ3n) is 2.49. The molecule has 0 aliphatic rings. The smallest absolute Gasteiger partial charge is 0.196 e. The van der Waals surface area contributed by atoms with Gasteiger partial charge in [0.05, 0.1) is 0 Å². The maximum Gasteiger partial charge on any atom is 0.196 e. The van der Waals surface area contributed by atoms with Gasteiger partial charge in [-0.15, -0.1) is 0 Å². The van der Waals surface area contributed by atoms with Crippen molar-refractivity contribution in [2.45, 2.75) is 33.6 Å². The van der Waals surface area contributed by atoms with Gasteiger partial charge in [-0.2, -0.15) is 0 Å². The first-order valence-corrected chi connectivity index (χ1v) is 4.86. The van der Waals surface area contributed by atoms with E-state index in [2.05, 4.69) is 37.7 Å². The third kappa shape index (κ3) is 2.62. The maximum absolute atomic E-state index is 4.88. The van der Waals surface area contributed by atoms with Crippen LogP contribution in [0.3, 0.4) is 0 Å². The highest BCUT2D eigenvalue weighted by Crippen LogP contribution is 2.33. The van der Waals surface area contributed by atoms with Gasteiger partial charge in [-0.25, -0.2) is 4.98 Å². The summed E-state index contributed by atoms with van der Waals surface area (Å²) in [6, 6.07) is 0. The van der Waals surface area contributed by atoms with Crippen molar-refractivity contribution in [1.29, 1.82) is 0 Å². The van der Waals surface area contributed by atoms with Crippen molar-refractivity contribution in [3.63, 3.8) is 0 Å². The zero-order valence-corrected chi connectivity index (χ0v) is 9.40. The van der Waals surface area contributed by atoms with E-state index in [1.807, 2.05) is 12.4 Å². The highest BCUT2D eigenvalue weighted by molar-refractivity contribution is 7.71. The van der Waals surface area contributed by atoms with E-state index in [-0.39, 0.29) is 5.41 Å². The largest absolute Gasteiger partial charge is 0.337 e. The van der Waals surface area contributed by atoms with Gasteiger partial charge in [-0.05, 0) is 29.1 Å². The minimum absolute atomic E-state index is 0.262. The summed E-state index contributed by atoms with van der Waals surface area (Å²) in [5.74, 6) is 0.479. The molecule has 2 nitrogen and oxygen atoms in total. The van der Waals surface area contributed by atoms with E-state index in [0.29, 0.717) is 10.7 Å². The molecule has 3 heteroatoms. The van der Waals surface area contributed by atoms with Crippen molar-refractivity contribution < 1.29 is 0 Å². The molecule has 1 unspecified atom stereocenters. The fourth-order valence-electron chi connectivity index (χ4n) is 1.09. The zero-order chi connectivity index (χ0) is 10.1. The summed E-state index contributed by atoms with van der Waals surface area (Å²) in [6.07, 6.45) is 3.81. The molecule has 0 spiro atoms. The summed E-state index contributed by atoms with van der Waals surface area (Å²) < 4.78 is 0.546. The molecule has 0 aliphatic carbocycles. The predicted octanol–water partition coefficient (Wildman–Crippen LogP) is 3.29. The lowest BCUT2D eigenvalue weighted by Gasteiger charge is -2.26. The average molecular weight is 196 g/mol. The Balaban J connectivity index is 2.96. The minimum Gasteiger partial charge on any atom is -0.337 e. The standard InChI is InChI=1S/C10H16N2S/c1-7(10(2,3)4)8-5-11-9(13)12-6-8/h5-7H,1-4H3,(H,11,12,13). The van der Waals surface area contributed by atoms with E-state index in [9.17, 15) is 0 Å². The number of aromatic amines is 1. The van der Waals surface area contributed by atoms with Crippen molar-refractivity contribution >= 4 is 12.2 Å². The van der Waals surface area contributed by atoms with Crippen LogP contribution in [-0.4, -0.2) is 9.97 Å². The lowest BCUT2D eigenvalue weighted by molar-refractivity contribution is 0.338. The first-order chi connectivity index (χ1) is 5.91. The van der Waals surface area contributed by atoms with Gasteiger partial charge in [-0.3, -0.25) is 0 Å². The fraction of sp³-hybridized carbons (Fsp3) is 0.600. The molecule has 0 aliphatic heterocycles. The number of nitrogens with one attached hydrogen (secondary N) is 1. The molecule has 1 N–H and O–H groups in total. The van der Waals surface area contributed by atoms with Crippen LogP contribution >= 0.6 is 12.2 Å². The van der Waals surface area contributed by atoms with Crippen LogP contribution in [0.15, 0.2) is 12.4 Å². The molecule has 1 aromatic rings. The van der Waals surface area contributed by atoms with Crippen LogP contribution in [0.25, 0.3) is 0 Å². The summed E-state index contributed by atoms with van der Waals surface area (Å²) in [7, 11) is 0. The molecular formula is C10H16N2S. The Labute approximate surface area is 84.4 Å². The number of rotatable bonds is 1. The molecule has 1 heterocycles. The van der Waals surface area contributed by atoms with Crippen LogP contribution in [-0.2, 0) is 0 Å². The summed E-state index contributed by atoms with van der Waals surface area (Å²) in [5.41, 5.74) is 1.47. The number of H-pyrrole nitrogens is 1. The second-order valence-electron chi connectivity index (χ2n) is 4.44. The first kappa shape index (κ1) is 10.4. The molecule has 13 heavy (non-hydrogen) atoms. The Morgan fingerprint density at radius 1 is 1.46 bits per heavy atom. The molecule has 0 radical (unpaired) electrons. The van der Waals surface area contributed by atoms with Gasteiger partial charge in [0.15, 0.2) is 4.77 Å². The molecular weight excluding hydrogens is 180 g/mol. The Hall–Kier alpha value is -0.700. The number of hydrogen-bond acceptors (Lipinski definition) is 2. The molecule has 72 valence electrons. The van der Waals surface area contributed by atoms with E-state index in [1.165, 1.54) is 5.56 Å². The van der Waals surface area contributed by atoms with E-state index < -0.39 is 0 Å². The Morgan fingerprint density at radius 2 is 2.08 bits per heavy atom. The highest BCUT2D eigenvalue weighted by Gasteiger charge is 2.21. The average Bonchev–Trinajstić information content (AvgIpc) is 2.03. The van der Waals surface area contributed by atoms with Crippen LogP contribution in [0.2, 0.25) is 0 Å². The second kappa shape index (κ2) is 3.58. The molecule has 0 aromatic carbocycles. The second-order valence-corrected chi connectivity index (χ2v) is 4.83. The quantitative estimate of drug-likeness (QED) is 0.698. The SMILES string of the molecule is CC(c1cnc(=S)[nH]c1)C(C)(C)C. The van der Waals surface area contributed by atoms with Crippen LogP contribution in [0.1, 0.15) is 39.2 Å². The predicted molar refractivity (Wildman–Crippen MR) is 57.3 cm³/mol. The van der Waals surface area contributed by atoms with Gasteiger partial charge in [0.1, 0.15) is 0 Å². The van der Waals surface area contributed by atoms with Gasteiger partial charge >= 0.3 is 0 Å². The lowest BCUT2D eigenvalue weighted by Crippen LogP contribution is -2.15. The summed E-state index contributed by atoms with van der Waals surface area (Å²) >= 11 is 4.88. The molecule has 1 atom stereocenters. The van der Waals surface area contributed by atoms with E-state index in [4.69, 9.17) is 12.2 Å². The molecule has 0 bridgehead atoms. The molecule has 0 fully saturated rings. The highest BCUT2D eigenvalue weighted by atomic mass is 32.1. The van der Waals surface area contributed by atoms with Crippen molar-refractivity contribution in [2.75, 3.05) is 0 Å². The van der Waals surface area contributed by atoms with Crippen LogP contribution in [0.4, 0.5) is 0 Å². The normalized spacial score (nSPS) is 14.2. The molecule has 0 amide bonds. The Morgan fingerprint density at radius 3 is 2.46 bits per heavy atom. The van der Waals surface area contributed by atoms with Gasteiger partial charge in [0.2, 0.25) is 0 Å². The third-order valence-corrected chi connectivity index (χ3v) is 2.72. The van der Waals surface area contributed by atoms with Crippen LogP contribution in [0, 0.1) is 10.2 Å². The maximum atomic E-state index is 4.88. The zero-order valence-electron chi connectivity index (χ0n) is 8.59. The minimum atomic E-state index is 0.262. The van der Waals surface area contributed by atoms with Crippen molar-refractivity contribution in [2.24, 2.45) is 5.41 Å². The monoisotopic (exact) mass is 196 g/mol. The topological polar surface area (TPSA) is 28.7 Å². The van der Waals surface area contributed by atoms with Crippen molar-refractivity contribution in [3.8, 4) is 0 Å².